The van der Waals surface area contributed by atoms with Gasteiger partial charge in [0.2, 0.25) is 0 Å². The fourth-order valence-corrected chi connectivity index (χ4v) is 3.42. The molecule has 1 aromatic heterocycles. The number of carbonyl (C=O) groups is 1. The van der Waals surface area contributed by atoms with Gasteiger partial charge in [-0.05, 0) is 32.2 Å². The number of nitrogens with zero attached hydrogens (tertiary/aromatic N) is 2. The molecule has 1 amide bonds. The maximum absolute atomic E-state index is 12.2. The summed E-state index contributed by atoms with van der Waals surface area (Å²) >= 11 is 1.54. The predicted molar refractivity (Wildman–Crippen MR) is 67.3 cm³/mol. The molecular weight excluding hydrogens is 234 g/mol. The van der Waals surface area contributed by atoms with Crippen molar-refractivity contribution >= 4 is 17.2 Å². The second kappa shape index (κ2) is 4.38. The van der Waals surface area contributed by atoms with Gasteiger partial charge >= 0.3 is 0 Å². The molecule has 2 unspecified atom stereocenters. The maximum atomic E-state index is 12.2. The third-order valence-corrected chi connectivity index (χ3v) is 4.50. The van der Waals surface area contributed by atoms with E-state index in [0.717, 1.165) is 24.6 Å². The Labute approximate surface area is 105 Å². The van der Waals surface area contributed by atoms with E-state index < -0.39 is 0 Å². The fourth-order valence-electron chi connectivity index (χ4n) is 2.84. The lowest BCUT2D eigenvalue weighted by Gasteiger charge is -2.24. The van der Waals surface area contributed by atoms with E-state index in [9.17, 15) is 4.79 Å². The molecule has 0 bridgehead atoms. The number of hydrogen-bond acceptors (Lipinski definition) is 4. The van der Waals surface area contributed by atoms with Crippen molar-refractivity contribution in [1.82, 2.24) is 15.2 Å². The zero-order valence-corrected chi connectivity index (χ0v) is 10.8. The van der Waals surface area contributed by atoms with Crippen molar-refractivity contribution in [1.29, 1.82) is 0 Å². The number of hydrogen-bond donors (Lipinski definition) is 1. The highest BCUT2D eigenvalue weighted by Gasteiger charge is 2.37. The Balaban J connectivity index is 1.71. The molecule has 92 valence electrons. The van der Waals surface area contributed by atoms with Crippen molar-refractivity contribution in [2.45, 2.75) is 25.8 Å². The van der Waals surface area contributed by atoms with Crippen LogP contribution in [0.1, 0.15) is 28.3 Å². The van der Waals surface area contributed by atoms with Crippen molar-refractivity contribution in [3.8, 4) is 0 Å². The largest absolute Gasteiger partial charge is 0.335 e. The summed E-state index contributed by atoms with van der Waals surface area (Å²) in [5.74, 6) is 0.748. The standard InChI is InChI=1S/C12H17N3OS/c1-8-14-11(7-17-8)12(16)15-5-9-3-2-4-13-10(9)6-15/h7,9-10,13H,2-6H2,1H3. The molecule has 0 spiro atoms. The molecule has 4 nitrogen and oxygen atoms in total. The number of nitrogens with one attached hydrogen (secondary N) is 1. The average Bonchev–Trinajstić information content (AvgIpc) is 2.93. The van der Waals surface area contributed by atoms with E-state index in [-0.39, 0.29) is 5.91 Å². The van der Waals surface area contributed by atoms with Crippen LogP contribution in [-0.2, 0) is 0 Å². The third kappa shape index (κ3) is 2.09. The van der Waals surface area contributed by atoms with Crippen LogP contribution in [0.2, 0.25) is 0 Å². The summed E-state index contributed by atoms with van der Waals surface area (Å²) in [5.41, 5.74) is 0.617. The van der Waals surface area contributed by atoms with Crippen LogP contribution < -0.4 is 5.32 Å². The van der Waals surface area contributed by atoms with Crippen molar-refractivity contribution in [2.24, 2.45) is 5.92 Å². The number of amides is 1. The lowest BCUT2D eigenvalue weighted by Crippen LogP contribution is -2.41. The van der Waals surface area contributed by atoms with Gasteiger partial charge in [0.15, 0.2) is 0 Å². The average molecular weight is 251 g/mol. The van der Waals surface area contributed by atoms with Gasteiger partial charge in [-0.2, -0.15) is 0 Å². The third-order valence-electron chi connectivity index (χ3n) is 3.72. The molecule has 2 aliphatic rings. The molecular formula is C12H17N3OS. The van der Waals surface area contributed by atoms with Gasteiger partial charge in [0.1, 0.15) is 5.69 Å². The first-order valence-electron chi connectivity index (χ1n) is 6.19. The van der Waals surface area contributed by atoms with Crippen LogP contribution in [0, 0.1) is 12.8 Å². The van der Waals surface area contributed by atoms with Crippen LogP contribution in [0.3, 0.4) is 0 Å². The smallest absolute Gasteiger partial charge is 0.273 e. The highest BCUT2D eigenvalue weighted by Crippen LogP contribution is 2.26. The summed E-state index contributed by atoms with van der Waals surface area (Å²) in [6, 6.07) is 0.507. The highest BCUT2D eigenvalue weighted by atomic mass is 32.1. The van der Waals surface area contributed by atoms with E-state index >= 15 is 0 Å². The van der Waals surface area contributed by atoms with E-state index in [4.69, 9.17) is 0 Å². The molecule has 1 N–H and O–H groups in total. The van der Waals surface area contributed by atoms with E-state index in [1.54, 1.807) is 11.3 Å². The topological polar surface area (TPSA) is 45.2 Å². The van der Waals surface area contributed by atoms with Gasteiger partial charge < -0.3 is 10.2 Å². The Hall–Kier alpha value is -0.940. The number of carbonyl (C=O) groups excluding carboxylic acids is 1. The minimum atomic E-state index is 0.102. The van der Waals surface area contributed by atoms with Crippen molar-refractivity contribution in [3.63, 3.8) is 0 Å². The molecule has 17 heavy (non-hydrogen) atoms. The van der Waals surface area contributed by atoms with E-state index in [0.29, 0.717) is 17.7 Å². The summed E-state index contributed by atoms with van der Waals surface area (Å²) in [6.45, 7) is 4.78. The number of thiazole rings is 1. The summed E-state index contributed by atoms with van der Waals surface area (Å²) in [6.07, 6.45) is 2.48. The molecule has 3 heterocycles. The van der Waals surface area contributed by atoms with Crippen LogP contribution in [0.15, 0.2) is 5.38 Å². The second-order valence-electron chi connectivity index (χ2n) is 4.92. The number of aromatic nitrogens is 1. The van der Waals surface area contributed by atoms with E-state index in [1.807, 2.05) is 17.2 Å². The molecule has 3 rings (SSSR count). The highest BCUT2D eigenvalue weighted by molar-refractivity contribution is 7.09. The molecule has 2 fully saturated rings. The van der Waals surface area contributed by atoms with Crippen molar-refractivity contribution in [2.75, 3.05) is 19.6 Å². The van der Waals surface area contributed by atoms with Gasteiger partial charge in [0.25, 0.3) is 5.91 Å². The normalized spacial score (nSPS) is 28.2. The SMILES string of the molecule is Cc1nc(C(=O)N2CC3CCCNC3C2)cs1. The maximum Gasteiger partial charge on any atom is 0.273 e. The molecule has 0 saturated carbocycles. The molecule has 5 heteroatoms. The van der Waals surface area contributed by atoms with Crippen LogP contribution in [0.4, 0.5) is 0 Å². The molecule has 0 radical (unpaired) electrons. The number of rotatable bonds is 1. The molecule has 2 saturated heterocycles. The zero-order chi connectivity index (χ0) is 11.8. The summed E-state index contributed by atoms with van der Waals surface area (Å²) in [7, 11) is 0. The minimum absolute atomic E-state index is 0.102. The van der Waals surface area contributed by atoms with Gasteiger partial charge in [-0.15, -0.1) is 11.3 Å². The van der Waals surface area contributed by atoms with Gasteiger partial charge in [-0.3, -0.25) is 4.79 Å². The van der Waals surface area contributed by atoms with Crippen molar-refractivity contribution < 1.29 is 4.79 Å². The van der Waals surface area contributed by atoms with Crippen LogP contribution in [0.25, 0.3) is 0 Å². The Kier molecular flexibility index (Phi) is 2.88. The molecule has 2 atom stereocenters. The molecule has 0 aromatic carbocycles. The van der Waals surface area contributed by atoms with Gasteiger partial charge in [0, 0.05) is 24.5 Å². The van der Waals surface area contributed by atoms with Gasteiger partial charge in [0.05, 0.1) is 5.01 Å². The van der Waals surface area contributed by atoms with Crippen LogP contribution in [-0.4, -0.2) is 41.5 Å². The first-order chi connectivity index (χ1) is 8.24. The Morgan fingerprint density at radius 3 is 3.18 bits per heavy atom. The number of aryl methyl sites for hydroxylation is 1. The summed E-state index contributed by atoms with van der Waals surface area (Å²) in [5, 5.41) is 6.34. The molecule has 2 aliphatic heterocycles. The van der Waals surface area contributed by atoms with E-state index in [1.165, 1.54) is 12.8 Å². The quantitative estimate of drug-likeness (QED) is 0.817. The Morgan fingerprint density at radius 1 is 1.59 bits per heavy atom. The first-order valence-corrected chi connectivity index (χ1v) is 7.07. The lowest BCUT2D eigenvalue weighted by molar-refractivity contribution is 0.0780. The molecule has 0 aliphatic carbocycles. The molecule has 1 aromatic rings. The van der Waals surface area contributed by atoms with Crippen LogP contribution in [0.5, 0.6) is 0 Å². The second-order valence-corrected chi connectivity index (χ2v) is 5.99. The number of piperidine rings is 1. The number of fused-ring (bicyclic) bond motifs is 1. The zero-order valence-electron chi connectivity index (χ0n) is 9.98. The van der Waals surface area contributed by atoms with E-state index in [2.05, 4.69) is 10.3 Å². The van der Waals surface area contributed by atoms with Crippen molar-refractivity contribution in [3.05, 3.63) is 16.1 Å². The monoisotopic (exact) mass is 251 g/mol. The predicted octanol–water partition coefficient (Wildman–Crippen LogP) is 1.28. The fraction of sp³-hybridized carbons (Fsp3) is 0.667. The van der Waals surface area contributed by atoms with Gasteiger partial charge in [-0.1, -0.05) is 0 Å². The summed E-state index contributed by atoms with van der Waals surface area (Å²) in [4.78, 5) is 18.5. The Morgan fingerprint density at radius 2 is 2.47 bits per heavy atom. The lowest BCUT2D eigenvalue weighted by atomic mass is 9.94. The number of likely N-dealkylation sites (tertiary alicyclic amines) is 1. The van der Waals surface area contributed by atoms with Crippen LogP contribution >= 0.6 is 11.3 Å². The minimum Gasteiger partial charge on any atom is -0.335 e. The summed E-state index contributed by atoms with van der Waals surface area (Å²) < 4.78 is 0. The Bertz CT molecular complexity index is 417. The van der Waals surface area contributed by atoms with Gasteiger partial charge in [-0.25, -0.2) is 4.98 Å². The first kappa shape index (κ1) is 11.2.